The van der Waals surface area contributed by atoms with E-state index in [4.69, 9.17) is 47.4 Å². The van der Waals surface area contributed by atoms with Gasteiger partial charge in [0.25, 0.3) is 0 Å². The summed E-state index contributed by atoms with van der Waals surface area (Å²) < 4.78 is 59.0. The zero-order valence-electron chi connectivity index (χ0n) is 50.3. The van der Waals surface area contributed by atoms with Gasteiger partial charge in [0.2, 0.25) is 6.29 Å². The minimum Gasteiger partial charge on any atom is -0.432 e. The highest BCUT2D eigenvalue weighted by Gasteiger charge is 2.73. The molecule has 4 saturated carbocycles. The molecular formula is C59H96O28. The van der Waals surface area contributed by atoms with Crippen LogP contribution in [0.1, 0.15) is 106 Å². The molecule has 0 unspecified atom stereocenters. The minimum atomic E-state index is -1.99. The van der Waals surface area contributed by atoms with E-state index in [1.165, 1.54) is 6.92 Å². The average molecular weight is 1250 g/mol. The maximum atomic E-state index is 15.3. The van der Waals surface area contributed by atoms with Gasteiger partial charge in [-0.2, -0.15) is 0 Å². The van der Waals surface area contributed by atoms with E-state index >= 15 is 4.79 Å². The number of esters is 1. The van der Waals surface area contributed by atoms with Gasteiger partial charge in [-0.25, -0.2) is 0 Å². The Bertz CT molecular complexity index is 2420. The van der Waals surface area contributed by atoms with Gasteiger partial charge in [-0.15, -0.1) is 0 Å². The molecule has 0 aromatic heterocycles. The maximum absolute atomic E-state index is 15.3. The first-order chi connectivity index (χ1) is 40.8. The first kappa shape index (κ1) is 68.0. The number of fused-ring (bicyclic) bond motifs is 7. The van der Waals surface area contributed by atoms with Gasteiger partial charge in [-0.05, 0) is 104 Å². The van der Waals surface area contributed by atoms with Gasteiger partial charge in [0, 0.05) is 5.41 Å². The summed E-state index contributed by atoms with van der Waals surface area (Å²) in [6.45, 7) is 11.3. The Morgan fingerprint density at radius 2 is 1.15 bits per heavy atom. The number of ether oxygens (including phenoxy) is 10. The summed E-state index contributed by atoms with van der Waals surface area (Å²) in [5.74, 6) is -1.65. The molecule has 34 atom stereocenters. The van der Waals surface area contributed by atoms with Gasteiger partial charge >= 0.3 is 5.97 Å². The van der Waals surface area contributed by atoms with Gasteiger partial charge in [-0.1, -0.05) is 53.2 Å². The normalized spacial score (nSPS) is 55.1. The number of aliphatic hydroxyl groups is 17. The lowest BCUT2D eigenvalue weighted by Gasteiger charge is -2.72. The number of aliphatic hydroxyl groups excluding tert-OH is 17. The average Bonchev–Trinajstić information content (AvgIpc) is 0.688. The van der Waals surface area contributed by atoms with E-state index in [1.54, 1.807) is 0 Å². The molecule has 5 heterocycles. The van der Waals surface area contributed by atoms with E-state index in [-0.39, 0.29) is 43.3 Å². The number of carbonyl (C=O) groups is 1. The molecule has 5 aliphatic heterocycles. The minimum absolute atomic E-state index is 0.0248. The lowest BCUT2D eigenvalue weighted by molar-refractivity contribution is -0.368. The highest BCUT2D eigenvalue weighted by Crippen LogP contribution is 2.76. The summed E-state index contributed by atoms with van der Waals surface area (Å²) in [5.41, 5.74) is -3.44. The molecule has 500 valence electrons. The van der Waals surface area contributed by atoms with Crippen LogP contribution in [0.4, 0.5) is 0 Å². The predicted molar refractivity (Wildman–Crippen MR) is 291 cm³/mol. The Kier molecular flexibility index (Phi) is 19.7. The van der Waals surface area contributed by atoms with Crippen LogP contribution in [0, 0.1) is 50.2 Å². The predicted octanol–water partition coefficient (Wildman–Crippen LogP) is -4.60. The van der Waals surface area contributed by atoms with E-state index < -0.39 is 218 Å². The topological polar surface area (TPSA) is 453 Å². The monoisotopic (exact) mass is 1250 g/mol. The lowest BCUT2D eigenvalue weighted by Crippen LogP contribution is -2.69. The summed E-state index contributed by atoms with van der Waals surface area (Å²) in [6, 6.07) is 0. The van der Waals surface area contributed by atoms with Crippen LogP contribution in [-0.2, 0) is 52.2 Å². The molecule has 10 rings (SSSR count). The zero-order chi connectivity index (χ0) is 63.6. The number of hydrogen-bond acceptors (Lipinski definition) is 28. The SMILES string of the molecule is C[C@@H]1O[C@@H](O[C@H]2[C@H](O)[C@@H](O)[C@H](OC[C@H]3O[C@@H](OC(=O)[C@]45CCC(C)(C)C[C@H]4C4=CC[C@@H]6[C@@]7(C)CC[C@H](O[C@@H]8OC[C@H](O)[C@H](O)[C@H]8O[C@@H]8O[C@H](CO)[C@@H](O)[C@H](O)[C@H]8O)[C@@](C)(CO)[C@@H]7CC[C@@]6(C)[C@]4(C)C[C@H]5O)[C@H](O)[C@@H](O)[C@@H]3O)O[C@@H]2CO)[C@H](O)[C@H](O)[C@H]1O. The Morgan fingerprint density at radius 3 is 1.80 bits per heavy atom. The van der Waals surface area contributed by atoms with Crippen molar-refractivity contribution in [3.8, 4) is 0 Å². The van der Waals surface area contributed by atoms with Gasteiger partial charge in [0.05, 0.1) is 51.3 Å². The van der Waals surface area contributed by atoms with Crippen molar-refractivity contribution in [2.75, 3.05) is 33.0 Å². The molecule has 9 fully saturated rings. The standard InChI is InChI=1S/C59H96O28/c1-23-34(65)38(69)42(73)49(80-23)85-46-28(19-61)82-48(45(76)41(46)72)79-21-29-37(68)40(71)44(75)51(83-29)87-53(77)59-15-14-54(2,3)16-25(59)24-8-9-31-55(4)12-11-33(56(5,22-62)30(55)10-13-57(31,6)58(24,7)17-32(59)64)84-52-47(35(66)26(63)20-78-52)86-50-43(74)39(70)36(67)27(18-60)81-50/h8,23,25-52,60-76H,9-22H2,1-7H3/t23-,25-,26-,27+,28+,29+,30+,31+,32+,33-,34-,35-,36+,37+,38+,39-,40-,41+,42+,43+,44+,45+,46+,47+,48+,49-,50-,51-,52-,55-,56-,57+,58+,59+/m0/s1. The molecule has 10 aliphatic rings. The first-order valence-electron chi connectivity index (χ1n) is 30.9. The van der Waals surface area contributed by atoms with Gasteiger partial charge in [-0.3, -0.25) is 4.79 Å². The van der Waals surface area contributed by atoms with Crippen LogP contribution in [-0.4, -0.2) is 285 Å². The molecule has 5 aliphatic carbocycles. The molecule has 0 spiro atoms. The third-order valence-corrected chi connectivity index (χ3v) is 23.3. The fourth-order valence-corrected chi connectivity index (χ4v) is 17.7. The quantitative estimate of drug-likeness (QED) is 0.0442. The highest BCUT2D eigenvalue weighted by atomic mass is 16.8. The molecule has 0 aromatic rings. The third-order valence-electron chi connectivity index (χ3n) is 23.3. The highest BCUT2D eigenvalue weighted by molar-refractivity contribution is 5.80. The lowest BCUT2D eigenvalue weighted by atomic mass is 9.33. The molecule has 28 heteroatoms. The van der Waals surface area contributed by atoms with Gasteiger partial charge < -0.3 is 134 Å². The smallest absolute Gasteiger partial charge is 0.317 e. The summed E-state index contributed by atoms with van der Waals surface area (Å²) in [4.78, 5) is 15.3. The molecular weight excluding hydrogens is 1160 g/mol. The Morgan fingerprint density at radius 1 is 0.563 bits per heavy atom. The summed E-state index contributed by atoms with van der Waals surface area (Å²) in [7, 11) is 0. The molecule has 0 amide bonds. The van der Waals surface area contributed by atoms with Crippen molar-refractivity contribution in [3.05, 3.63) is 11.6 Å². The van der Waals surface area contributed by atoms with Crippen molar-refractivity contribution >= 4 is 5.97 Å². The van der Waals surface area contributed by atoms with Gasteiger partial charge in [0.15, 0.2) is 25.2 Å². The van der Waals surface area contributed by atoms with Crippen molar-refractivity contribution in [2.24, 2.45) is 50.2 Å². The van der Waals surface area contributed by atoms with Crippen LogP contribution in [0.3, 0.4) is 0 Å². The van der Waals surface area contributed by atoms with E-state index in [9.17, 15) is 86.8 Å². The maximum Gasteiger partial charge on any atom is 0.317 e. The zero-order valence-corrected chi connectivity index (χ0v) is 50.3. The van der Waals surface area contributed by atoms with E-state index in [1.807, 2.05) is 6.92 Å². The van der Waals surface area contributed by atoms with Crippen LogP contribution in [0.5, 0.6) is 0 Å². The van der Waals surface area contributed by atoms with E-state index in [0.717, 1.165) is 5.57 Å². The Labute approximate surface area is 504 Å². The summed E-state index contributed by atoms with van der Waals surface area (Å²) in [6.07, 6.45) is -35.4. The van der Waals surface area contributed by atoms with Gasteiger partial charge in [0.1, 0.15) is 115 Å². The molecule has 5 saturated heterocycles. The largest absolute Gasteiger partial charge is 0.432 e. The van der Waals surface area contributed by atoms with Crippen LogP contribution in [0.25, 0.3) is 0 Å². The second kappa shape index (κ2) is 25.1. The van der Waals surface area contributed by atoms with Crippen molar-refractivity contribution in [1.29, 1.82) is 0 Å². The Hall–Kier alpha value is -1.83. The van der Waals surface area contributed by atoms with Crippen molar-refractivity contribution in [3.63, 3.8) is 0 Å². The molecule has 17 N–H and O–H groups in total. The fourth-order valence-electron chi connectivity index (χ4n) is 17.7. The number of allylic oxidation sites excluding steroid dienone is 2. The van der Waals surface area contributed by atoms with Crippen LogP contribution < -0.4 is 0 Å². The van der Waals surface area contributed by atoms with Crippen LogP contribution in [0.15, 0.2) is 11.6 Å². The second-order valence-corrected chi connectivity index (χ2v) is 28.6. The molecule has 28 nitrogen and oxygen atoms in total. The van der Waals surface area contributed by atoms with Crippen molar-refractivity contribution < 1.29 is 139 Å². The third kappa shape index (κ3) is 11.3. The second-order valence-electron chi connectivity index (χ2n) is 28.6. The summed E-state index contributed by atoms with van der Waals surface area (Å²) in [5, 5.41) is 185. The number of hydrogen-bond donors (Lipinski definition) is 17. The van der Waals surface area contributed by atoms with Crippen LogP contribution >= 0.6 is 0 Å². The van der Waals surface area contributed by atoms with E-state index in [2.05, 4.69) is 40.7 Å². The van der Waals surface area contributed by atoms with Crippen molar-refractivity contribution in [2.45, 2.75) is 266 Å². The molecule has 0 bridgehead atoms. The fraction of sp³-hybridized carbons (Fsp3) is 0.949. The molecule has 0 aromatic carbocycles. The van der Waals surface area contributed by atoms with E-state index in [0.29, 0.717) is 44.9 Å². The molecule has 0 radical (unpaired) electrons. The summed E-state index contributed by atoms with van der Waals surface area (Å²) >= 11 is 0. The number of carbonyl (C=O) groups excluding carboxylic acids is 1. The first-order valence-corrected chi connectivity index (χ1v) is 30.9. The molecule has 87 heavy (non-hydrogen) atoms. The number of rotatable bonds is 14. The Balaban J connectivity index is 0.845. The van der Waals surface area contributed by atoms with Crippen LogP contribution in [0.2, 0.25) is 0 Å². The van der Waals surface area contributed by atoms with Crippen molar-refractivity contribution in [1.82, 2.24) is 0 Å².